The van der Waals surface area contributed by atoms with Crippen molar-refractivity contribution in [1.29, 1.82) is 0 Å². The van der Waals surface area contributed by atoms with E-state index in [0.717, 1.165) is 6.07 Å². The van der Waals surface area contributed by atoms with Crippen LogP contribution in [0.5, 0.6) is 0 Å². The quantitative estimate of drug-likeness (QED) is 0.247. The van der Waals surface area contributed by atoms with Gasteiger partial charge in [-0.15, -0.1) is 0 Å². The van der Waals surface area contributed by atoms with Crippen LogP contribution >= 0.6 is 11.6 Å². The predicted octanol–water partition coefficient (Wildman–Crippen LogP) is 3.78. The molecule has 0 aliphatic heterocycles. The lowest BCUT2D eigenvalue weighted by atomic mass is 9.98. The van der Waals surface area contributed by atoms with Crippen LogP contribution in [0.2, 0.25) is 5.02 Å². The third kappa shape index (κ3) is 4.46. The van der Waals surface area contributed by atoms with E-state index in [9.17, 15) is 19.7 Å². The van der Waals surface area contributed by atoms with Crippen LogP contribution < -0.4 is 0 Å². The number of esters is 1. The van der Waals surface area contributed by atoms with Gasteiger partial charge in [0.15, 0.2) is 18.2 Å². The van der Waals surface area contributed by atoms with Gasteiger partial charge in [0, 0.05) is 23.6 Å². The Morgan fingerprint density at radius 2 is 1.93 bits per heavy atom. The topological polar surface area (TPSA) is 125 Å². The third-order valence-corrected chi connectivity index (χ3v) is 4.27. The summed E-state index contributed by atoms with van der Waals surface area (Å²) in [5, 5.41) is 14.7. The Balaban J connectivity index is 1.84. The molecule has 2 aromatic carbocycles. The number of carbonyl (C=O) groups excluding carboxylic acids is 2. The summed E-state index contributed by atoms with van der Waals surface area (Å²) >= 11 is 5.79. The van der Waals surface area contributed by atoms with Gasteiger partial charge in [0.1, 0.15) is 5.02 Å². The van der Waals surface area contributed by atoms with E-state index >= 15 is 0 Å². The molecule has 1 heterocycles. The highest BCUT2D eigenvalue weighted by Gasteiger charge is 2.22. The maximum absolute atomic E-state index is 12.9. The molecular formula is C19H14ClN3O6. The average molecular weight is 416 g/mol. The second-order valence-corrected chi connectivity index (χ2v) is 6.24. The van der Waals surface area contributed by atoms with Crippen LogP contribution in [0.1, 0.15) is 44.9 Å². The van der Waals surface area contributed by atoms with Gasteiger partial charge in [-0.1, -0.05) is 41.9 Å². The maximum atomic E-state index is 12.9. The first-order chi connectivity index (χ1) is 13.9. The van der Waals surface area contributed by atoms with E-state index in [0.29, 0.717) is 12.2 Å². The molecule has 0 unspecified atom stereocenters. The number of aromatic nitrogens is 2. The molecule has 0 saturated carbocycles. The molecule has 1 aromatic heterocycles. The highest BCUT2D eigenvalue weighted by molar-refractivity contribution is 6.33. The molecule has 0 amide bonds. The Labute approximate surface area is 169 Å². The minimum atomic E-state index is -0.770. The van der Waals surface area contributed by atoms with E-state index in [1.165, 1.54) is 24.3 Å². The number of hydrogen-bond donors (Lipinski definition) is 0. The van der Waals surface area contributed by atoms with Gasteiger partial charge in [-0.2, -0.15) is 4.98 Å². The van der Waals surface area contributed by atoms with E-state index in [-0.39, 0.29) is 34.2 Å². The number of nitro groups is 1. The summed E-state index contributed by atoms with van der Waals surface area (Å²) in [7, 11) is 0. The first kappa shape index (κ1) is 20.2. The van der Waals surface area contributed by atoms with Crippen molar-refractivity contribution in [3.63, 3.8) is 0 Å². The first-order valence-corrected chi connectivity index (χ1v) is 8.84. The van der Waals surface area contributed by atoms with Crippen LogP contribution in [0.3, 0.4) is 0 Å². The number of nitrogens with zero attached hydrogens (tertiary/aromatic N) is 3. The Kier molecular flexibility index (Phi) is 5.99. The Morgan fingerprint density at radius 3 is 2.59 bits per heavy atom. The summed E-state index contributed by atoms with van der Waals surface area (Å²) in [6.07, 6.45) is 0.571. The summed E-state index contributed by atoms with van der Waals surface area (Å²) < 4.78 is 10.1. The number of ether oxygens (including phenoxy) is 1. The number of hydrogen-bond acceptors (Lipinski definition) is 8. The van der Waals surface area contributed by atoms with Crippen molar-refractivity contribution in [2.24, 2.45) is 0 Å². The fraction of sp³-hybridized carbons (Fsp3) is 0.158. The zero-order chi connectivity index (χ0) is 21.0. The molecular weight excluding hydrogens is 402 g/mol. The van der Waals surface area contributed by atoms with Crippen molar-refractivity contribution < 1.29 is 23.8 Å². The summed E-state index contributed by atoms with van der Waals surface area (Å²) in [4.78, 5) is 39.8. The van der Waals surface area contributed by atoms with Gasteiger partial charge in [-0.25, -0.2) is 4.79 Å². The molecule has 10 heteroatoms. The van der Waals surface area contributed by atoms with E-state index in [1.807, 2.05) is 6.92 Å². The lowest BCUT2D eigenvalue weighted by Crippen LogP contribution is -2.13. The molecule has 0 saturated heterocycles. The van der Waals surface area contributed by atoms with Crippen molar-refractivity contribution in [2.45, 2.75) is 20.0 Å². The molecule has 0 N–H and O–H groups in total. The van der Waals surface area contributed by atoms with Crippen molar-refractivity contribution in [2.75, 3.05) is 0 Å². The van der Waals surface area contributed by atoms with Gasteiger partial charge >= 0.3 is 5.97 Å². The molecule has 0 aliphatic rings. The zero-order valence-corrected chi connectivity index (χ0v) is 15.9. The lowest BCUT2D eigenvalue weighted by Gasteiger charge is -2.08. The zero-order valence-electron chi connectivity index (χ0n) is 15.1. The number of halogens is 1. The van der Waals surface area contributed by atoms with Gasteiger partial charge in [0.05, 0.1) is 10.5 Å². The van der Waals surface area contributed by atoms with Crippen LogP contribution in [0.4, 0.5) is 5.69 Å². The van der Waals surface area contributed by atoms with Crippen LogP contribution in [-0.4, -0.2) is 26.8 Å². The molecule has 0 atom stereocenters. The largest absolute Gasteiger partial charge is 0.452 e. The Hall–Kier alpha value is -3.59. The van der Waals surface area contributed by atoms with Crippen molar-refractivity contribution >= 4 is 29.0 Å². The van der Waals surface area contributed by atoms with E-state index in [4.69, 9.17) is 20.9 Å². The van der Waals surface area contributed by atoms with Crippen LogP contribution in [0.25, 0.3) is 0 Å². The van der Waals surface area contributed by atoms with Gasteiger partial charge in [-0.3, -0.25) is 14.9 Å². The number of rotatable bonds is 7. The minimum Gasteiger partial charge on any atom is -0.452 e. The van der Waals surface area contributed by atoms with E-state index in [1.54, 1.807) is 12.1 Å². The monoisotopic (exact) mass is 415 g/mol. The van der Waals surface area contributed by atoms with Crippen molar-refractivity contribution in [1.82, 2.24) is 10.1 Å². The molecule has 148 valence electrons. The van der Waals surface area contributed by atoms with Gasteiger partial charge in [-0.05, 0) is 18.2 Å². The lowest BCUT2D eigenvalue weighted by molar-refractivity contribution is -0.384. The molecule has 0 bridgehead atoms. The summed E-state index contributed by atoms with van der Waals surface area (Å²) in [5.41, 5.74) is -0.342. The third-order valence-electron chi connectivity index (χ3n) is 3.95. The van der Waals surface area contributed by atoms with E-state index in [2.05, 4.69) is 10.1 Å². The maximum Gasteiger partial charge on any atom is 0.339 e. The highest BCUT2D eigenvalue weighted by Crippen LogP contribution is 2.27. The predicted molar refractivity (Wildman–Crippen MR) is 101 cm³/mol. The normalized spacial score (nSPS) is 10.6. The molecule has 0 spiro atoms. The molecule has 29 heavy (non-hydrogen) atoms. The second-order valence-electron chi connectivity index (χ2n) is 5.83. The van der Waals surface area contributed by atoms with Crippen LogP contribution in [-0.2, 0) is 17.8 Å². The molecule has 9 nitrogen and oxygen atoms in total. The number of ketones is 1. The molecule has 0 fully saturated rings. The van der Waals surface area contributed by atoms with E-state index < -0.39 is 22.4 Å². The molecule has 3 rings (SSSR count). The number of aryl methyl sites for hydroxylation is 1. The summed E-state index contributed by atoms with van der Waals surface area (Å²) in [6.45, 7) is 1.60. The van der Waals surface area contributed by atoms with Gasteiger partial charge < -0.3 is 9.26 Å². The smallest absolute Gasteiger partial charge is 0.339 e. The summed E-state index contributed by atoms with van der Waals surface area (Å²) in [5.74, 6) is -0.736. The van der Waals surface area contributed by atoms with Gasteiger partial charge in [0.2, 0.25) is 0 Å². The van der Waals surface area contributed by atoms with Crippen molar-refractivity contribution in [3.05, 3.63) is 86.0 Å². The fourth-order valence-corrected chi connectivity index (χ4v) is 2.69. The SMILES string of the molecule is CCc1noc(COC(=O)c2ccccc2C(=O)c2ccc(Cl)c([N+](=O)[O-])c2)n1. The summed E-state index contributed by atoms with van der Waals surface area (Å²) in [6, 6.07) is 9.67. The number of benzene rings is 2. The number of nitro benzene ring substituents is 1. The van der Waals surface area contributed by atoms with Crippen LogP contribution in [0, 0.1) is 10.1 Å². The Morgan fingerprint density at radius 1 is 1.21 bits per heavy atom. The fourth-order valence-electron chi connectivity index (χ4n) is 2.51. The first-order valence-electron chi connectivity index (χ1n) is 8.47. The Bertz CT molecular complexity index is 1100. The standard InChI is InChI=1S/C19H14ClN3O6/c1-2-16-21-17(29-22-16)10-28-19(25)13-6-4-3-5-12(13)18(24)11-7-8-14(20)15(9-11)23(26)27/h3-9H,2,10H2,1H3. The molecule has 0 radical (unpaired) electrons. The van der Waals surface area contributed by atoms with Crippen molar-refractivity contribution in [3.8, 4) is 0 Å². The number of carbonyl (C=O) groups is 2. The minimum absolute atomic E-state index is 0.00494. The molecule has 0 aliphatic carbocycles. The van der Waals surface area contributed by atoms with Crippen LogP contribution in [0.15, 0.2) is 47.0 Å². The van der Waals surface area contributed by atoms with Gasteiger partial charge in [0.25, 0.3) is 11.6 Å². The molecule has 3 aromatic rings. The average Bonchev–Trinajstić information content (AvgIpc) is 3.20. The second kappa shape index (κ2) is 8.61. The highest BCUT2D eigenvalue weighted by atomic mass is 35.5.